The van der Waals surface area contributed by atoms with E-state index in [4.69, 9.17) is 10.8 Å². The number of carbonyl (C=O) groups is 1. The van der Waals surface area contributed by atoms with Gasteiger partial charge < -0.3 is 26.4 Å². The van der Waals surface area contributed by atoms with E-state index in [0.717, 1.165) is 17.5 Å². The number of aromatic nitrogens is 2. The molecule has 0 radical (unpaired) electrons. The second-order valence-corrected chi connectivity index (χ2v) is 6.33. The summed E-state index contributed by atoms with van der Waals surface area (Å²) in [6.07, 6.45) is 1.81. The second kappa shape index (κ2) is 10.1. The molecule has 26 heavy (non-hydrogen) atoms. The van der Waals surface area contributed by atoms with Crippen molar-refractivity contribution in [1.29, 1.82) is 0 Å². The van der Waals surface area contributed by atoms with E-state index in [2.05, 4.69) is 15.3 Å². The summed E-state index contributed by atoms with van der Waals surface area (Å²) in [5.41, 5.74) is 7.59. The number of nitrogens with zero attached hydrogens (tertiary/aromatic N) is 2. The molecular weight excluding hydrogens is 337 g/mol. The molecule has 2 rings (SSSR count). The van der Waals surface area contributed by atoms with Crippen LogP contribution in [0, 0.1) is 0 Å². The SMILES string of the molecule is N[C@@H](CCCCN[13CH2][C@H](O)[C@@H](O)Cc1cnc2ccccc2n1)C(=O)O. The van der Waals surface area contributed by atoms with Crippen molar-refractivity contribution in [2.75, 3.05) is 13.1 Å². The molecule has 0 saturated heterocycles. The summed E-state index contributed by atoms with van der Waals surface area (Å²) in [6, 6.07) is 6.65. The molecule has 8 heteroatoms. The van der Waals surface area contributed by atoms with Gasteiger partial charge in [0, 0.05) is 19.2 Å². The molecule has 1 heterocycles. The highest BCUT2D eigenvalue weighted by molar-refractivity contribution is 5.73. The van der Waals surface area contributed by atoms with E-state index in [1.54, 1.807) is 6.20 Å². The first-order chi connectivity index (χ1) is 12.5. The summed E-state index contributed by atoms with van der Waals surface area (Å²) in [4.78, 5) is 19.3. The van der Waals surface area contributed by atoms with Crippen molar-refractivity contribution >= 4 is 17.0 Å². The normalized spacial score (nSPS) is 14.9. The van der Waals surface area contributed by atoms with Gasteiger partial charge in [-0.25, -0.2) is 4.98 Å². The lowest BCUT2D eigenvalue weighted by atomic mass is 10.1. The number of para-hydroxylation sites is 2. The lowest BCUT2D eigenvalue weighted by Gasteiger charge is -2.18. The number of aliphatic hydroxyl groups is 2. The second-order valence-electron chi connectivity index (χ2n) is 6.33. The molecule has 2 aromatic rings. The number of unbranched alkanes of at least 4 members (excludes halogenated alkanes) is 1. The van der Waals surface area contributed by atoms with Gasteiger partial charge in [0.25, 0.3) is 0 Å². The molecule has 1 aromatic heterocycles. The Kier molecular flexibility index (Phi) is 7.86. The summed E-state index contributed by atoms with van der Waals surface area (Å²) >= 11 is 0. The van der Waals surface area contributed by atoms with E-state index in [-0.39, 0.29) is 13.0 Å². The lowest BCUT2D eigenvalue weighted by Crippen LogP contribution is -2.38. The molecule has 0 bridgehead atoms. The van der Waals surface area contributed by atoms with Gasteiger partial charge in [-0.2, -0.15) is 0 Å². The van der Waals surface area contributed by atoms with Crippen LogP contribution in [0.3, 0.4) is 0 Å². The highest BCUT2D eigenvalue weighted by Crippen LogP contribution is 2.10. The smallest absolute Gasteiger partial charge is 0.320 e. The molecule has 0 fully saturated rings. The fraction of sp³-hybridized carbons (Fsp3) is 0.500. The molecule has 0 amide bonds. The zero-order chi connectivity index (χ0) is 18.9. The molecule has 0 unspecified atom stereocenters. The van der Waals surface area contributed by atoms with Gasteiger partial charge in [-0.05, 0) is 31.5 Å². The van der Waals surface area contributed by atoms with Crippen molar-refractivity contribution in [2.24, 2.45) is 5.73 Å². The number of hydrogen-bond acceptors (Lipinski definition) is 7. The number of rotatable bonds is 11. The van der Waals surface area contributed by atoms with Gasteiger partial charge in [0.2, 0.25) is 0 Å². The fourth-order valence-corrected chi connectivity index (χ4v) is 2.57. The van der Waals surface area contributed by atoms with Gasteiger partial charge in [0.05, 0.1) is 28.9 Å². The number of nitrogens with one attached hydrogen (secondary N) is 1. The molecule has 6 N–H and O–H groups in total. The van der Waals surface area contributed by atoms with Gasteiger partial charge >= 0.3 is 5.97 Å². The largest absolute Gasteiger partial charge is 0.480 e. The first-order valence-electron chi connectivity index (χ1n) is 8.73. The van der Waals surface area contributed by atoms with E-state index in [0.29, 0.717) is 25.1 Å². The van der Waals surface area contributed by atoms with Crippen molar-refractivity contribution in [2.45, 2.75) is 43.9 Å². The number of aliphatic hydroxyl groups excluding tert-OH is 2. The molecule has 3 atom stereocenters. The van der Waals surface area contributed by atoms with Crippen molar-refractivity contribution < 1.29 is 20.1 Å². The quantitative estimate of drug-likeness (QED) is 0.279. The molecule has 0 aliphatic carbocycles. The van der Waals surface area contributed by atoms with Crippen LogP contribution in [0.15, 0.2) is 30.5 Å². The van der Waals surface area contributed by atoms with Crippen LogP contribution in [-0.2, 0) is 11.2 Å². The van der Waals surface area contributed by atoms with Gasteiger partial charge in [-0.3, -0.25) is 9.78 Å². The average molecular weight is 363 g/mol. The Hall–Kier alpha value is -2.13. The molecule has 0 spiro atoms. The minimum Gasteiger partial charge on any atom is -0.480 e. The van der Waals surface area contributed by atoms with E-state index in [1.807, 2.05) is 24.3 Å². The zero-order valence-electron chi connectivity index (χ0n) is 14.6. The minimum atomic E-state index is -0.992. The first-order valence-corrected chi connectivity index (χ1v) is 8.73. The Morgan fingerprint density at radius 2 is 1.88 bits per heavy atom. The standard InChI is InChI=1S/C18H26N4O4/c19-13(18(25)26)5-3-4-8-20-11-17(24)16(23)9-12-10-21-14-6-1-2-7-15(14)22-12/h1-2,6-7,10,13,16-17,20,23-24H,3-5,8-9,11,19H2,(H,25,26)/t13-,16-,17-/m0/s1/i11+1. The van der Waals surface area contributed by atoms with Crippen LogP contribution < -0.4 is 11.1 Å². The van der Waals surface area contributed by atoms with Crippen LogP contribution in [0.25, 0.3) is 11.0 Å². The van der Waals surface area contributed by atoms with E-state index in [1.165, 1.54) is 0 Å². The van der Waals surface area contributed by atoms with Gasteiger partial charge in [-0.1, -0.05) is 18.6 Å². The number of nitrogens with two attached hydrogens (primary N) is 1. The molecule has 8 nitrogen and oxygen atoms in total. The number of benzene rings is 1. The zero-order valence-corrected chi connectivity index (χ0v) is 14.6. The van der Waals surface area contributed by atoms with Gasteiger partial charge in [0.15, 0.2) is 0 Å². The Morgan fingerprint density at radius 1 is 1.15 bits per heavy atom. The molecular formula is C18H26N4O4. The predicted octanol–water partition coefficient (Wildman–Crippen LogP) is 0.0659. The van der Waals surface area contributed by atoms with Gasteiger partial charge in [-0.15, -0.1) is 0 Å². The third kappa shape index (κ3) is 6.30. The van der Waals surface area contributed by atoms with Crippen LogP contribution >= 0.6 is 0 Å². The van der Waals surface area contributed by atoms with E-state index >= 15 is 0 Å². The van der Waals surface area contributed by atoms with Crippen molar-refractivity contribution in [1.82, 2.24) is 15.3 Å². The average Bonchev–Trinajstić information content (AvgIpc) is 2.63. The summed E-state index contributed by atoms with van der Waals surface area (Å²) < 4.78 is 0. The summed E-state index contributed by atoms with van der Waals surface area (Å²) in [6.45, 7) is 0.860. The Morgan fingerprint density at radius 3 is 2.62 bits per heavy atom. The number of fused-ring (bicyclic) bond motifs is 1. The van der Waals surface area contributed by atoms with Crippen LogP contribution in [-0.4, -0.2) is 62.6 Å². The van der Waals surface area contributed by atoms with Gasteiger partial charge in [0.1, 0.15) is 6.04 Å². The topological polar surface area (TPSA) is 142 Å². The Balaban J connectivity index is 1.68. The Labute approximate surface area is 152 Å². The van der Waals surface area contributed by atoms with E-state index in [9.17, 15) is 15.0 Å². The van der Waals surface area contributed by atoms with Crippen molar-refractivity contribution in [3.8, 4) is 0 Å². The lowest BCUT2D eigenvalue weighted by molar-refractivity contribution is -0.138. The molecule has 0 saturated carbocycles. The van der Waals surface area contributed by atoms with Crippen LogP contribution in [0.1, 0.15) is 25.0 Å². The molecule has 142 valence electrons. The predicted molar refractivity (Wildman–Crippen MR) is 97.6 cm³/mol. The first kappa shape index (κ1) is 20.2. The summed E-state index contributed by atoms with van der Waals surface area (Å²) in [5.74, 6) is -0.992. The third-order valence-corrected chi connectivity index (χ3v) is 4.15. The third-order valence-electron chi connectivity index (χ3n) is 4.15. The molecule has 1 aromatic carbocycles. The highest BCUT2D eigenvalue weighted by atomic mass is 16.4. The number of hydrogen-bond donors (Lipinski definition) is 5. The molecule has 0 aliphatic rings. The van der Waals surface area contributed by atoms with Crippen LogP contribution in [0.5, 0.6) is 0 Å². The van der Waals surface area contributed by atoms with Crippen LogP contribution in [0.2, 0.25) is 0 Å². The number of aliphatic carboxylic acids is 1. The maximum Gasteiger partial charge on any atom is 0.320 e. The maximum absolute atomic E-state index is 10.6. The summed E-state index contributed by atoms with van der Waals surface area (Å²) in [7, 11) is 0. The maximum atomic E-state index is 10.6. The monoisotopic (exact) mass is 363 g/mol. The van der Waals surface area contributed by atoms with Crippen molar-refractivity contribution in [3.05, 3.63) is 36.2 Å². The van der Waals surface area contributed by atoms with Crippen LogP contribution in [0.4, 0.5) is 0 Å². The highest BCUT2D eigenvalue weighted by Gasteiger charge is 2.17. The van der Waals surface area contributed by atoms with E-state index < -0.39 is 24.2 Å². The summed E-state index contributed by atoms with van der Waals surface area (Å²) in [5, 5.41) is 31.9. The minimum absolute atomic E-state index is 0.216. The fourth-order valence-electron chi connectivity index (χ4n) is 2.57. The Bertz CT molecular complexity index is 712. The number of carboxylic acid groups (broad SMARTS) is 1. The number of carboxylic acids is 1. The molecule has 0 aliphatic heterocycles. The van der Waals surface area contributed by atoms with Crippen molar-refractivity contribution in [3.63, 3.8) is 0 Å².